The Bertz CT molecular complexity index is 276. The van der Waals surface area contributed by atoms with E-state index in [2.05, 4.69) is 22.2 Å². The summed E-state index contributed by atoms with van der Waals surface area (Å²) in [6, 6.07) is 2.32. The quantitative estimate of drug-likeness (QED) is 0.766. The van der Waals surface area contributed by atoms with Crippen LogP contribution in [0.15, 0.2) is 6.07 Å². The summed E-state index contributed by atoms with van der Waals surface area (Å²) in [5.41, 5.74) is 0.908. The maximum absolute atomic E-state index is 4.95. The van der Waals surface area contributed by atoms with Crippen LogP contribution in [0.25, 0.3) is 0 Å². The SMILES string of the molecule is CCCNc1cc(C)nc(OC)n1. The molecule has 0 amide bonds. The largest absolute Gasteiger partial charge is 0.467 e. The Balaban J connectivity index is 2.76. The average molecular weight is 181 g/mol. The second-order valence-corrected chi connectivity index (χ2v) is 2.81. The van der Waals surface area contributed by atoms with E-state index >= 15 is 0 Å². The molecule has 1 N–H and O–H groups in total. The van der Waals surface area contributed by atoms with Crippen LogP contribution in [0.1, 0.15) is 19.0 Å². The topological polar surface area (TPSA) is 47.0 Å². The molecule has 1 aromatic heterocycles. The highest BCUT2D eigenvalue weighted by Gasteiger charge is 2.00. The van der Waals surface area contributed by atoms with Crippen molar-refractivity contribution >= 4 is 5.82 Å². The third-order valence-corrected chi connectivity index (χ3v) is 1.57. The summed E-state index contributed by atoms with van der Waals surface area (Å²) in [7, 11) is 1.57. The molecule has 0 saturated carbocycles. The Hall–Kier alpha value is -1.32. The van der Waals surface area contributed by atoms with E-state index in [4.69, 9.17) is 4.74 Å². The third-order valence-electron chi connectivity index (χ3n) is 1.57. The molecule has 0 atom stereocenters. The molecule has 4 nitrogen and oxygen atoms in total. The summed E-state index contributed by atoms with van der Waals surface area (Å²) in [6.07, 6.45) is 1.07. The van der Waals surface area contributed by atoms with Crippen molar-refractivity contribution in [3.63, 3.8) is 0 Å². The van der Waals surface area contributed by atoms with Crippen LogP contribution < -0.4 is 10.1 Å². The van der Waals surface area contributed by atoms with Gasteiger partial charge in [-0.25, -0.2) is 4.98 Å². The van der Waals surface area contributed by atoms with E-state index in [1.165, 1.54) is 0 Å². The van der Waals surface area contributed by atoms with E-state index in [9.17, 15) is 0 Å². The van der Waals surface area contributed by atoms with Crippen molar-refractivity contribution in [2.45, 2.75) is 20.3 Å². The zero-order valence-corrected chi connectivity index (χ0v) is 8.29. The number of rotatable bonds is 4. The second kappa shape index (κ2) is 4.64. The Labute approximate surface area is 78.4 Å². The van der Waals surface area contributed by atoms with Gasteiger partial charge in [-0.2, -0.15) is 4.98 Å². The molecule has 1 heterocycles. The first-order chi connectivity index (χ1) is 6.26. The van der Waals surface area contributed by atoms with Gasteiger partial charge in [0.05, 0.1) is 7.11 Å². The number of aromatic nitrogens is 2. The lowest BCUT2D eigenvalue weighted by atomic mass is 10.4. The fraction of sp³-hybridized carbons (Fsp3) is 0.556. The van der Waals surface area contributed by atoms with Gasteiger partial charge in [-0.05, 0) is 13.3 Å². The molecule has 0 bridgehead atoms. The van der Waals surface area contributed by atoms with Gasteiger partial charge in [0.2, 0.25) is 0 Å². The van der Waals surface area contributed by atoms with Crippen LogP contribution in [0, 0.1) is 6.92 Å². The number of methoxy groups -OCH3 is 1. The summed E-state index contributed by atoms with van der Waals surface area (Å²) in [5, 5.41) is 3.18. The first-order valence-electron chi connectivity index (χ1n) is 4.39. The molecular formula is C9H15N3O. The Morgan fingerprint density at radius 3 is 2.85 bits per heavy atom. The van der Waals surface area contributed by atoms with Gasteiger partial charge in [0.25, 0.3) is 0 Å². The third kappa shape index (κ3) is 2.89. The van der Waals surface area contributed by atoms with Crippen LogP contribution in [0.2, 0.25) is 0 Å². The molecule has 4 heteroatoms. The fourth-order valence-corrected chi connectivity index (χ4v) is 0.976. The van der Waals surface area contributed by atoms with E-state index in [-0.39, 0.29) is 0 Å². The minimum absolute atomic E-state index is 0.415. The van der Waals surface area contributed by atoms with E-state index in [1.807, 2.05) is 13.0 Å². The van der Waals surface area contributed by atoms with Crippen molar-refractivity contribution in [3.8, 4) is 6.01 Å². The van der Waals surface area contributed by atoms with Gasteiger partial charge in [0.1, 0.15) is 5.82 Å². The maximum atomic E-state index is 4.95. The Kier molecular flexibility index (Phi) is 3.49. The number of nitrogens with zero attached hydrogens (tertiary/aromatic N) is 2. The number of aryl methyl sites for hydroxylation is 1. The van der Waals surface area contributed by atoms with E-state index in [0.717, 1.165) is 24.5 Å². The van der Waals surface area contributed by atoms with Gasteiger partial charge >= 0.3 is 6.01 Å². The molecule has 1 rings (SSSR count). The molecular weight excluding hydrogens is 166 g/mol. The standard InChI is InChI=1S/C9H15N3O/c1-4-5-10-8-6-7(2)11-9(12-8)13-3/h6H,4-5H2,1-3H3,(H,10,11,12). The highest BCUT2D eigenvalue weighted by Crippen LogP contribution is 2.10. The number of anilines is 1. The lowest BCUT2D eigenvalue weighted by Gasteiger charge is -2.05. The first-order valence-corrected chi connectivity index (χ1v) is 4.39. The van der Waals surface area contributed by atoms with Gasteiger partial charge in [0, 0.05) is 18.3 Å². The van der Waals surface area contributed by atoms with Crippen LogP contribution in [-0.2, 0) is 0 Å². The second-order valence-electron chi connectivity index (χ2n) is 2.81. The van der Waals surface area contributed by atoms with Crippen LogP contribution in [0.4, 0.5) is 5.82 Å². The van der Waals surface area contributed by atoms with Crippen molar-refractivity contribution in [2.24, 2.45) is 0 Å². The molecule has 0 aliphatic heterocycles. The van der Waals surface area contributed by atoms with Crippen LogP contribution in [-0.4, -0.2) is 23.6 Å². The van der Waals surface area contributed by atoms with Crippen molar-refractivity contribution in [2.75, 3.05) is 19.0 Å². The summed E-state index contributed by atoms with van der Waals surface area (Å²) >= 11 is 0. The van der Waals surface area contributed by atoms with Gasteiger partial charge in [0.15, 0.2) is 0 Å². The van der Waals surface area contributed by atoms with Crippen LogP contribution >= 0.6 is 0 Å². The summed E-state index contributed by atoms with van der Waals surface area (Å²) in [5.74, 6) is 0.825. The molecule has 0 aliphatic carbocycles. The van der Waals surface area contributed by atoms with Crippen LogP contribution in [0.3, 0.4) is 0 Å². The molecule has 1 aromatic rings. The molecule has 0 aromatic carbocycles. The minimum Gasteiger partial charge on any atom is -0.467 e. The smallest absolute Gasteiger partial charge is 0.318 e. The fourth-order valence-electron chi connectivity index (χ4n) is 0.976. The molecule has 0 fully saturated rings. The monoisotopic (exact) mass is 181 g/mol. The highest BCUT2D eigenvalue weighted by molar-refractivity contribution is 5.36. The summed E-state index contributed by atoms with van der Waals surface area (Å²) in [4.78, 5) is 8.23. The Morgan fingerprint density at radius 1 is 1.46 bits per heavy atom. The summed E-state index contributed by atoms with van der Waals surface area (Å²) < 4.78 is 4.95. The van der Waals surface area contributed by atoms with Crippen molar-refractivity contribution in [1.82, 2.24) is 9.97 Å². The molecule has 0 unspecified atom stereocenters. The zero-order chi connectivity index (χ0) is 9.68. The molecule has 13 heavy (non-hydrogen) atoms. The zero-order valence-electron chi connectivity index (χ0n) is 8.29. The molecule has 0 aliphatic rings. The van der Waals surface area contributed by atoms with Gasteiger partial charge in [-0.3, -0.25) is 0 Å². The van der Waals surface area contributed by atoms with Gasteiger partial charge in [-0.1, -0.05) is 6.92 Å². The highest BCUT2D eigenvalue weighted by atomic mass is 16.5. The molecule has 0 radical (unpaired) electrons. The number of hydrogen-bond acceptors (Lipinski definition) is 4. The predicted molar refractivity (Wildman–Crippen MR) is 52.1 cm³/mol. The lowest BCUT2D eigenvalue weighted by Crippen LogP contribution is -2.04. The Morgan fingerprint density at radius 2 is 2.23 bits per heavy atom. The first kappa shape index (κ1) is 9.77. The number of hydrogen-bond donors (Lipinski definition) is 1. The minimum atomic E-state index is 0.415. The predicted octanol–water partition coefficient (Wildman–Crippen LogP) is 1.62. The maximum Gasteiger partial charge on any atom is 0.318 e. The number of nitrogens with one attached hydrogen (secondary N) is 1. The van der Waals surface area contributed by atoms with Gasteiger partial charge in [-0.15, -0.1) is 0 Å². The van der Waals surface area contributed by atoms with Crippen molar-refractivity contribution < 1.29 is 4.74 Å². The summed E-state index contributed by atoms with van der Waals surface area (Å²) in [6.45, 7) is 4.94. The molecule has 0 saturated heterocycles. The van der Waals surface area contributed by atoms with Crippen molar-refractivity contribution in [1.29, 1.82) is 0 Å². The lowest BCUT2D eigenvalue weighted by molar-refractivity contribution is 0.379. The molecule has 72 valence electrons. The molecule has 0 spiro atoms. The van der Waals surface area contributed by atoms with Gasteiger partial charge < -0.3 is 10.1 Å². The van der Waals surface area contributed by atoms with Crippen molar-refractivity contribution in [3.05, 3.63) is 11.8 Å². The normalized spacial score (nSPS) is 9.77. The van der Waals surface area contributed by atoms with Crippen LogP contribution in [0.5, 0.6) is 6.01 Å². The average Bonchev–Trinajstić information content (AvgIpc) is 2.14. The van der Waals surface area contributed by atoms with E-state index < -0.39 is 0 Å². The van der Waals surface area contributed by atoms with E-state index in [1.54, 1.807) is 7.11 Å². The number of ether oxygens (including phenoxy) is 1. The van der Waals surface area contributed by atoms with E-state index in [0.29, 0.717) is 6.01 Å².